The highest BCUT2D eigenvalue weighted by atomic mass is 32.2. The number of carbonyl (C=O) groups is 1. The Balaban J connectivity index is 1.58. The SMILES string of the molecule is CCCSc1nnc(NC(=O)c2ccc(CS(=O)(=O)N3CCCCC3)cc2)s1. The molecule has 0 radical (unpaired) electrons. The first-order valence-corrected chi connectivity index (χ1v) is 12.7. The van der Waals surface area contributed by atoms with Gasteiger partial charge in [-0.25, -0.2) is 12.7 Å². The van der Waals surface area contributed by atoms with Crippen LogP contribution in [0.1, 0.15) is 48.5 Å². The molecule has 1 amide bonds. The van der Waals surface area contributed by atoms with Crippen molar-refractivity contribution >= 4 is 44.2 Å². The number of nitrogens with zero attached hydrogens (tertiary/aromatic N) is 3. The van der Waals surface area contributed by atoms with Gasteiger partial charge in [-0.15, -0.1) is 10.2 Å². The van der Waals surface area contributed by atoms with E-state index in [2.05, 4.69) is 22.4 Å². The molecule has 3 rings (SSSR count). The molecule has 1 aromatic carbocycles. The second-order valence-electron chi connectivity index (χ2n) is 6.59. The molecule has 1 N–H and O–H groups in total. The maximum atomic E-state index is 12.5. The number of piperidine rings is 1. The van der Waals surface area contributed by atoms with E-state index in [0.29, 0.717) is 29.3 Å². The molecule has 1 aromatic heterocycles. The van der Waals surface area contributed by atoms with E-state index in [-0.39, 0.29) is 11.7 Å². The average Bonchev–Trinajstić information content (AvgIpc) is 3.14. The number of aromatic nitrogens is 2. The number of hydrogen-bond donors (Lipinski definition) is 1. The van der Waals surface area contributed by atoms with Crippen molar-refractivity contribution in [2.24, 2.45) is 0 Å². The lowest BCUT2D eigenvalue weighted by Gasteiger charge is -2.25. The van der Waals surface area contributed by atoms with Crippen LogP contribution in [0.15, 0.2) is 28.6 Å². The zero-order chi connectivity index (χ0) is 20.0. The largest absolute Gasteiger partial charge is 0.296 e. The number of thioether (sulfide) groups is 1. The molecule has 2 aromatic rings. The van der Waals surface area contributed by atoms with Crippen LogP contribution >= 0.6 is 23.1 Å². The second kappa shape index (κ2) is 9.82. The molecule has 1 aliphatic heterocycles. The van der Waals surface area contributed by atoms with E-state index in [1.165, 1.54) is 11.3 Å². The van der Waals surface area contributed by atoms with E-state index in [1.54, 1.807) is 40.3 Å². The molecule has 0 aliphatic carbocycles. The molecule has 1 fully saturated rings. The summed E-state index contributed by atoms with van der Waals surface area (Å²) in [7, 11) is -3.31. The van der Waals surface area contributed by atoms with Gasteiger partial charge in [-0.1, -0.05) is 48.6 Å². The smallest absolute Gasteiger partial charge is 0.257 e. The molecule has 1 saturated heterocycles. The Labute approximate surface area is 174 Å². The highest BCUT2D eigenvalue weighted by Crippen LogP contribution is 2.26. The molecule has 0 unspecified atom stereocenters. The summed E-state index contributed by atoms with van der Waals surface area (Å²) in [5.74, 6) is 0.641. The molecule has 1 aliphatic rings. The number of hydrogen-bond acceptors (Lipinski definition) is 7. The number of rotatable bonds is 8. The monoisotopic (exact) mass is 440 g/mol. The molecule has 152 valence electrons. The summed E-state index contributed by atoms with van der Waals surface area (Å²) in [6.45, 7) is 3.30. The predicted molar refractivity (Wildman–Crippen MR) is 113 cm³/mol. The Hall–Kier alpha value is -1.49. The van der Waals surface area contributed by atoms with Crippen molar-refractivity contribution in [2.45, 2.75) is 42.7 Å². The van der Waals surface area contributed by atoms with Gasteiger partial charge in [0.15, 0.2) is 4.34 Å². The summed E-state index contributed by atoms with van der Waals surface area (Å²) in [5, 5.41) is 11.2. The Morgan fingerprint density at radius 2 is 1.89 bits per heavy atom. The van der Waals surface area contributed by atoms with Crippen molar-refractivity contribution in [1.82, 2.24) is 14.5 Å². The Bertz CT molecular complexity index is 891. The molecule has 2 heterocycles. The van der Waals surface area contributed by atoms with Crippen molar-refractivity contribution in [2.75, 3.05) is 24.2 Å². The number of amides is 1. The van der Waals surface area contributed by atoms with Gasteiger partial charge in [0.1, 0.15) is 0 Å². The van der Waals surface area contributed by atoms with Crippen LogP contribution in [0.4, 0.5) is 5.13 Å². The van der Waals surface area contributed by atoms with Gasteiger partial charge in [0.25, 0.3) is 5.91 Å². The Morgan fingerprint density at radius 1 is 1.18 bits per heavy atom. The molecule has 0 saturated carbocycles. The van der Waals surface area contributed by atoms with E-state index in [4.69, 9.17) is 0 Å². The number of nitrogens with one attached hydrogen (secondary N) is 1. The van der Waals surface area contributed by atoms with Gasteiger partial charge in [0.2, 0.25) is 15.2 Å². The fourth-order valence-corrected chi connectivity index (χ4v) is 6.16. The van der Waals surface area contributed by atoms with Crippen molar-refractivity contribution in [3.8, 4) is 0 Å². The average molecular weight is 441 g/mol. The van der Waals surface area contributed by atoms with Crippen molar-refractivity contribution in [3.63, 3.8) is 0 Å². The third-order valence-corrected chi connectivity index (χ3v) is 8.36. The van der Waals surface area contributed by atoms with E-state index in [1.807, 2.05) is 0 Å². The minimum absolute atomic E-state index is 0.0384. The van der Waals surface area contributed by atoms with E-state index < -0.39 is 10.0 Å². The molecular formula is C18H24N4O3S3. The zero-order valence-electron chi connectivity index (χ0n) is 15.8. The van der Waals surface area contributed by atoms with Gasteiger partial charge in [-0.3, -0.25) is 10.1 Å². The topological polar surface area (TPSA) is 92.3 Å². The summed E-state index contributed by atoms with van der Waals surface area (Å²) < 4.78 is 27.4. The number of benzene rings is 1. The van der Waals surface area contributed by atoms with E-state index in [9.17, 15) is 13.2 Å². The quantitative estimate of drug-likeness (QED) is 0.498. The van der Waals surface area contributed by atoms with E-state index in [0.717, 1.165) is 35.8 Å². The minimum atomic E-state index is -3.31. The van der Waals surface area contributed by atoms with Gasteiger partial charge < -0.3 is 0 Å². The molecule has 0 spiro atoms. The van der Waals surface area contributed by atoms with Crippen LogP contribution in [0.2, 0.25) is 0 Å². The lowest BCUT2D eigenvalue weighted by atomic mass is 10.1. The van der Waals surface area contributed by atoms with Crippen LogP contribution in [0.25, 0.3) is 0 Å². The van der Waals surface area contributed by atoms with Gasteiger partial charge in [-0.05, 0) is 37.0 Å². The molecule has 7 nitrogen and oxygen atoms in total. The lowest BCUT2D eigenvalue weighted by Crippen LogP contribution is -2.36. The Kier molecular flexibility index (Phi) is 7.44. The van der Waals surface area contributed by atoms with Crippen LogP contribution in [0.5, 0.6) is 0 Å². The zero-order valence-corrected chi connectivity index (χ0v) is 18.2. The van der Waals surface area contributed by atoms with Crippen molar-refractivity contribution in [1.29, 1.82) is 0 Å². The van der Waals surface area contributed by atoms with Crippen LogP contribution in [0, 0.1) is 0 Å². The van der Waals surface area contributed by atoms with Gasteiger partial charge in [-0.2, -0.15) is 0 Å². The second-order valence-corrected chi connectivity index (χ2v) is 10.9. The number of sulfonamides is 1. The normalized spacial score (nSPS) is 15.5. The third-order valence-electron chi connectivity index (χ3n) is 4.33. The summed E-state index contributed by atoms with van der Waals surface area (Å²) >= 11 is 2.96. The number of anilines is 1. The maximum Gasteiger partial charge on any atom is 0.257 e. The maximum absolute atomic E-state index is 12.5. The van der Waals surface area contributed by atoms with E-state index >= 15 is 0 Å². The van der Waals surface area contributed by atoms with Crippen molar-refractivity contribution < 1.29 is 13.2 Å². The van der Waals surface area contributed by atoms with Crippen LogP contribution in [0.3, 0.4) is 0 Å². The first-order chi connectivity index (χ1) is 13.5. The standard InChI is InChI=1S/C18H24N4O3S3/c1-2-12-26-18-21-20-17(27-18)19-16(23)15-8-6-14(7-9-15)13-28(24,25)22-10-4-3-5-11-22/h6-9H,2-5,10-13H2,1H3,(H,19,20,23). The summed E-state index contributed by atoms with van der Waals surface area (Å²) in [6.07, 6.45) is 3.97. The molecule has 28 heavy (non-hydrogen) atoms. The van der Waals surface area contributed by atoms with Gasteiger partial charge >= 0.3 is 0 Å². The minimum Gasteiger partial charge on any atom is -0.296 e. The highest BCUT2D eigenvalue weighted by Gasteiger charge is 2.24. The lowest BCUT2D eigenvalue weighted by molar-refractivity contribution is 0.102. The molecule has 0 atom stereocenters. The van der Waals surface area contributed by atoms with Crippen LogP contribution < -0.4 is 5.32 Å². The first kappa shape index (κ1) is 21.2. The molecular weight excluding hydrogens is 416 g/mol. The fraction of sp³-hybridized carbons (Fsp3) is 0.500. The predicted octanol–water partition coefficient (Wildman–Crippen LogP) is 3.61. The summed E-state index contributed by atoms with van der Waals surface area (Å²) in [5.41, 5.74) is 1.13. The third kappa shape index (κ3) is 5.76. The van der Waals surface area contributed by atoms with Gasteiger partial charge in [0.05, 0.1) is 5.75 Å². The van der Waals surface area contributed by atoms with Crippen LogP contribution in [-0.2, 0) is 15.8 Å². The van der Waals surface area contributed by atoms with Gasteiger partial charge in [0, 0.05) is 24.4 Å². The first-order valence-electron chi connectivity index (χ1n) is 9.32. The highest BCUT2D eigenvalue weighted by molar-refractivity contribution is 8.01. The summed E-state index contributed by atoms with van der Waals surface area (Å²) in [4.78, 5) is 12.4. The molecule has 10 heteroatoms. The summed E-state index contributed by atoms with van der Waals surface area (Å²) in [6, 6.07) is 6.67. The number of carbonyl (C=O) groups excluding carboxylic acids is 1. The fourth-order valence-electron chi connectivity index (χ4n) is 2.87. The van der Waals surface area contributed by atoms with Crippen molar-refractivity contribution in [3.05, 3.63) is 35.4 Å². The van der Waals surface area contributed by atoms with Crippen LogP contribution in [-0.4, -0.2) is 47.7 Å². The Morgan fingerprint density at radius 3 is 2.57 bits per heavy atom. The molecule has 0 bridgehead atoms.